The summed E-state index contributed by atoms with van der Waals surface area (Å²) in [5, 5.41) is 12.2. The van der Waals surface area contributed by atoms with Crippen LogP contribution in [0.2, 0.25) is 0 Å². The van der Waals surface area contributed by atoms with Crippen LogP contribution in [0.3, 0.4) is 0 Å². The van der Waals surface area contributed by atoms with Gasteiger partial charge in [0.05, 0.1) is 5.56 Å². The fraction of sp³-hybridized carbons (Fsp3) is 0.455. The Morgan fingerprint density at radius 1 is 1.53 bits per heavy atom. The van der Waals surface area contributed by atoms with Gasteiger partial charge in [-0.15, -0.1) is 0 Å². The maximum Gasteiger partial charge on any atom is 0.144 e. The standard InChI is InChI=1S/C11H15N3S/c1-8-6-9(2)14-11(10(8)7-12)13-4-5-15-3/h6H,4-5H2,1-3H3,(H,13,14). The van der Waals surface area contributed by atoms with Crippen molar-refractivity contribution in [2.45, 2.75) is 13.8 Å². The molecule has 0 spiro atoms. The largest absolute Gasteiger partial charge is 0.368 e. The molecule has 1 rings (SSSR count). The van der Waals surface area contributed by atoms with Crippen molar-refractivity contribution in [1.82, 2.24) is 4.98 Å². The molecule has 1 aromatic heterocycles. The molecule has 0 unspecified atom stereocenters. The molecule has 0 aromatic carbocycles. The Bertz CT molecular complexity index is 382. The van der Waals surface area contributed by atoms with Gasteiger partial charge >= 0.3 is 0 Å². The lowest BCUT2D eigenvalue weighted by atomic mass is 10.1. The normalized spacial score (nSPS) is 9.73. The molecule has 1 aromatic rings. The van der Waals surface area contributed by atoms with Crippen molar-refractivity contribution >= 4 is 17.6 Å². The summed E-state index contributed by atoms with van der Waals surface area (Å²) in [7, 11) is 0. The summed E-state index contributed by atoms with van der Waals surface area (Å²) in [5.41, 5.74) is 2.58. The van der Waals surface area contributed by atoms with Gasteiger partial charge in [0.25, 0.3) is 0 Å². The van der Waals surface area contributed by atoms with Gasteiger partial charge in [-0.05, 0) is 31.7 Å². The minimum atomic E-state index is 0.654. The van der Waals surface area contributed by atoms with Gasteiger partial charge in [0.2, 0.25) is 0 Å². The van der Waals surface area contributed by atoms with E-state index >= 15 is 0 Å². The highest BCUT2D eigenvalue weighted by molar-refractivity contribution is 7.98. The number of nitrogens with zero attached hydrogens (tertiary/aromatic N) is 2. The summed E-state index contributed by atoms with van der Waals surface area (Å²) < 4.78 is 0. The molecule has 15 heavy (non-hydrogen) atoms. The molecule has 0 bridgehead atoms. The fourth-order valence-electron chi connectivity index (χ4n) is 1.38. The van der Waals surface area contributed by atoms with E-state index in [1.54, 1.807) is 11.8 Å². The first kappa shape index (κ1) is 11.9. The molecule has 0 aliphatic rings. The lowest BCUT2D eigenvalue weighted by Gasteiger charge is -2.09. The van der Waals surface area contributed by atoms with Crippen molar-refractivity contribution in [3.05, 3.63) is 22.9 Å². The lowest BCUT2D eigenvalue weighted by Crippen LogP contribution is -2.08. The lowest BCUT2D eigenvalue weighted by molar-refractivity contribution is 1.11. The maximum atomic E-state index is 9.01. The Kier molecular flexibility index (Phi) is 4.44. The maximum absolute atomic E-state index is 9.01. The Labute approximate surface area is 94.9 Å². The van der Waals surface area contributed by atoms with E-state index in [0.29, 0.717) is 11.4 Å². The van der Waals surface area contributed by atoms with Crippen LogP contribution in [0.4, 0.5) is 5.82 Å². The third-order valence-corrected chi connectivity index (χ3v) is 2.67. The zero-order valence-electron chi connectivity index (χ0n) is 9.29. The summed E-state index contributed by atoms with van der Waals surface area (Å²) in [4.78, 5) is 4.33. The van der Waals surface area contributed by atoms with Gasteiger partial charge in [-0.25, -0.2) is 4.98 Å². The molecular weight excluding hydrogens is 206 g/mol. The molecule has 0 fully saturated rings. The smallest absolute Gasteiger partial charge is 0.144 e. The van der Waals surface area contributed by atoms with E-state index in [2.05, 4.69) is 22.6 Å². The predicted octanol–water partition coefficient (Wildman–Crippen LogP) is 2.35. The number of aromatic nitrogens is 1. The molecule has 3 nitrogen and oxygen atoms in total. The van der Waals surface area contributed by atoms with Gasteiger partial charge in [0.1, 0.15) is 11.9 Å². The number of pyridine rings is 1. The van der Waals surface area contributed by atoms with Crippen LogP contribution in [0.1, 0.15) is 16.8 Å². The van der Waals surface area contributed by atoms with Crippen molar-refractivity contribution in [3.63, 3.8) is 0 Å². The average Bonchev–Trinajstić information content (AvgIpc) is 2.17. The molecule has 80 valence electrons. The number of rotatable bonds is 4. The van der Waals surface area contributed by atoms with Crippen LogP contribution in [0.15, 0.2) is 6.07 Å². The highest BCUT2D eigenvalue weighted by atomic mass is 32.2. The molecule has 0 amide bonds. The highest BCUT2D eigenvalue weighted by Crippen LogP contribution is 2.17. The number of hydrogen-bond donors (Lipinski definition) is 1. The van der Waals surface area contributed by atoms with Crippen LogP contribution in [0, 0.1) is 25.2 Å². The first-order chi connectivity index (χ1) is 7.19. The van der Waals surface area contributed by atoms with Gasteiger partial charge in [-0.1, -0.05) is 0 Å². The molecule has 1 heterocycles. The van der Waals surface area contributed by atoms with Crippen molar-refractivity contribution in [2.75, 3.05) is 23.9 Å². The van der Waals surface area contributed by atoms with Crippen LogP contribution in [-0.2, 0) is 0 Å². The molecule has 1 N–H and O–H groups in total. The molecular formula is C11H15N3S. The molecule has 0 atom stereocenters. The Hall–Kier alpha value is -1.21. The quantitative estimate of drug-likeness (QED) is 0.793. The monoisotopic (exact) mass is 221 g/mol. The van der Waals surface area contributed by atoms with Crippen molar-refractivity contribution in [2.24, 2.45) is 0 Å². The van der Waals surface area contributed by atoms with Crippen molar-refractivity contribution < 1.29 is 0 Å². The predicted molar refractivity (Wildman–Crippen MR) is 65.3 cm³/mol. The van der Waals surface area contributed by atoms with E-state index in [-0.39, 0.29) is 0 Å². The molecule has 4 heteroatoms. The van der Waals surface area contributed by atoms with E-state index in [4.69, 9.17) is 5.26 Å². The van der Waals surface area contributed by atoms with Crippen LogP contribution < -0.4 is 5.32 Å². The van der Waals surface area contributed by atoms with Gasteiger partial charge in [0, 0.05) is 18.0 Å². The van der Waals surface area contributed by atoms with Gasteiger partial charge in [0.15, 0.2) is 0 Å². The number of nitriles is 1. The van der Waals surface area contributed by atoms with Gasteiger partial charge in [-0.2, -0.15) is 17.0 Å². The van der Waals surface area contributed by atoms with Crippen molar-refractivity contribution in [1.29, 1.82) is 5.26 Å². The minimum absolute atomic E-state index is 0.654. The fourth-order valence-corrected chi connectivity index (χ4v) is 1.68. The van der Waals surface area contributed by atoms with E-state index in [9.17, 15) is 0 Å². The van der Waals surface area contributed by atoms with Crippen molar-refractivity contribution in [3.8, 4) is 6.07 Å². The summed E-state index contributed by atoms with van der Waals surface area (Å²) in [6.07, 6.45) is 2.06. The SMILES string of the molecule is CSCCNc1nc(C)cc(C)c1C#N. The topological polar surface area (TPSA) is 48.7 Å². The average molecular weight is 221 g/mol. The Balaban J connectivity index is 2.90. The first-order valence-corrected chi connectivity index (χ1v) is 6.19. The molecule has 0 aliphatic carbocycles. The third kappa shape index (κ3) is 3.14. The summed E-state index contributed by atoms with van der Waals surface area (Å²) in [6.45, 7) is 4.71. The molecule has 0 radical (unpaired) electrons. The highest BCUT2D eigenvalue weighted by Gasteiger charge is 2.07. The second-order valence-corrected chi connectivity index (χ2v) is 4.32. The second-order valence-electron chi connectivity index (χ2n) is 3.34. The molecule has 0 aliphatic heterocycles. The summed E-state index contributed by atoms with van der Waals surface area (Å²) >= 11 is 1.77. The Morgan fingerprint density at radius 3 is 2.87 bits per heavy atom. The molecule has 0 saturated carbocycles. The third-order valence-electron chi connectivity index (χ3n) is 2.06. The number of thioether (sulfide) groups is 1. The minimum Gasteiger partial charge on any atom is -0.368 e. The van der Waals surface area contributed by atoms with Crippen LogP contribution in [0.25, 0.3) is 0 Å². The molecule has 0 saturated heterocycles. The van der Waals surface area contributed by atoms with E-state index in [1.807, 2.05) is 19.9 Å². The van der Waals surface area contributed by atoms with Crippen LogP contribution in [-0.4, -0.2) is 23.5 Å². The van der Waals surface area contributed by atoms with Gasteiger partial charge in [-0.3, -0.25) is 0 Å². The zero-order chi connectivity index (χ0) is 11.3. The number of nitrogens with one attached hydrogen (secondary N) is 1. The summed E-state index contributed by atoms with van der Waals surface area (Å²) in [5.74, 6) is 1.73. The number of hydrogen-bond acceptors (Lipinski definition) is 4. The van der Waals surface area contributed by atoms with E-state index in [0.717, 1.165) is 23.6 Å². The summed E-state index contributed by atoms with van der Waals surface area (Å²) in [6, 6.07) is 4.12. The number of anilines is 1. The first-order valence-electron chi connectivity index (χ1n) is 4.80. The van der Waals surface area contributed by atoms with E-state index in [1.165, 1.54) is 0 Å². The van der Waals surface area contributed by atoms with Gasteiger partial charge < -0.3 is 5.32 Å². The Morgan fingerprint density at radius 2 is 2.27 bits per heavy atom. The van der Waals surface area contributed by atoms with Crippen LogP contribution in [0.5, 0.6) is 0 Å². The second kappa shape index (κ2) is 5.62. The van der Waals surface area contributed by atoms with E-state index < -0.39 is 0 Å². The number of aryl methyl sites for hydroxylation is 2. The zero-order valence-corrected chi connectivity index (χ0v) is 10.1. The van der Waals surface area contributed by atoms with Crippen LogP contribution >= 0.6 is 11.8 Å².